The molecule has 4 nitrogen and oxygen atoms in total. The minimum atomic E-state index is 0.507. The first kappa shape index (κ1) is 12.6. The van der Waals surface area contributed by atoms with Crippen LogP contribution in [0.5, 0.6) is 5.88 Å². The molecule has 2 rings (SSSR count). The van der Waals surface area contributed by atoms with Crippen molar-refractivity contribution < 1.29 is 4.74 Å². The van der Waals surface area contributed by atoms with E-state index in [2.05, 4.69) is 15.5 Å². The lowest BCUT2D eigenvalue weighted by Crippen LogP contribution is -2.04. The molecule has 0 spiro atoms. The number of hydrogen-bond donors (Lipinski definition) is 1. The Bertz CT molecular complexity index is 508. The first-order valence-electron chi connectivity index (χ1n) is 5.56. The van der Waals surface area contributed by atoms with Crippen molar-refractivity contribution in [3.05, 3.63) is 46.6 Å². The third kappa shape index (κ3) is 2.90. The molecule has 94 valence electrons. The number of ether oxygens (including phenoxy) is 1. The molecule has 0 saturated heterocycles. The van der Waals surface area contributed by atoms with Gasteiger partial charge in [-0.2, -0.15) is 5.10 Å². The standard InChI is InChI=1S/C13H14ClN3O/c1-9-4-3-5-11(14)13(9)15-8-10-6-7-12(18-2)17-16-10/h3-7,15H,8H2,1-2H3. The highest BCUT2D eigenvalue weighted by Gasteiger charge is 2.04. The molecule has 0 unspecified atom stereocenters. The number of anilines is 1. The summed E-state index contributed by atoms with van der Waals surface area (Å²) in [4.78, 5) is 0. The van der Waals surface area contributed by atoms with E-state index < -0.39 is 0 Å². The fourth-order valence-electron chi connectivity index (χ4n) is 1.59. The molecule has 0 aliphatic carbocycles. The van der Waals surface area contributed by atoms with Crippen LogP contribution < -0.4 is 10.1 Å². The Morgan fingerprint density at radius 2 is 2.06 bits per heavy atom. The molecule has 0 fully saturated rings. The van der Waals surface area contributed by atoms with Gasteiger partial charge in [-0.1, -0.05) is 23.7 Å². The number of aryl methyl sites for hydroxylation is 1. The summed E-state index contributed by atoms with van der Waals surface area (Å²) in [6, 6.07) is 9.44. The molecule has 2 aromatic rings. The number of nitrogens with one attached hydrogen (secondary N) is 1. The maximum absolute atomic E-state index is 6.12. The SMILES string of the molecule is COc1ccc(CNc2c(C)cccc2Cl)nn1. The lowest BCUT2D eigenvalue weighted by molar-refractivity contribution is 0.391. The quantitative estimate of drug-likeness (QED) is 0.921. The van der Waals surface area contributed by atoms with E-state index >= 15 is 0 Å². The number of rotatable bonds is 4. The second kappa shape index (κ2) is 5.69. The average Bonchev–Trinajstić information content (AvgIpc) is 2.39. The molecule has 0 aliphatic rings. The van der Waals surface area contributed by atoms with E-state index in [1.54, 1.807) is 13.2 Å². The minimum absolute atomic E-state index is 0.507. The van der Waals surface area contributed by atoms with E-state index in [9.17, 15) is 0 Å². The van der Waals surface area contributed by atoms with Crippen molar-refractivity contribution in [1.29, 1.82) is 0 Å². The van der Waals surface area contributed by atoms with Crippen molar-refractivity contribution >= 4 is 17.3 Å². The first-order valence-corrected chi connectivity index (χ1v) is 5.94. The Morgan fingerprint density at radius 3 is 2.67 bits per heavy atom. The maximum atomic E-state index is 6.12. The van der Waals surface area contributed by atoms with Crippen LogP contribution >= 0.6 is 11.6 Å². The molecule has 0 amide bonds. The minimum Gasteiger partial charge on any atom is -0.480 e. The Balaban J connectivity index is 2.06. The summed E-state index contributed by atoms with van der Waals surface area (Å²) in [7, 11) is 1.56. The van der Waals surface area contributed by atoms with Crippen LogP contribution in [0.3, 0.4) is 0 Å². The van der Waals surface area contributed by atoms with Gasteiger partial charge in [0, 0.05) is 6.07 Å². The largest absolute Gasteiger partial charge is 0.480 e. The summed E-state index contributed by atoms with van der Waals surface area (Å²) >= 11 is 6.12. The van der Waals surface area contributed by atoms with Crippen LogP contribution in [0.4, 0.5) is 5.69 Å². The second-order valence-corrected chi connectivity index (χ2v) is 4.26. The van der Waals surface area contributed by atoms with Crippen molar-refractivity contribution in [2.45, 2.75) is 13.5 Å². The van der Waals surface area contributed by atoms with Gasteiger partial charge in [0.05, 0.1) is 30.1 Å². The van der Waals surface area contributed by atoms with Gasteiger partial charge in [0.2, 0.25) is 5.88 Å². The summed E-state index contributed by atoms with van der Waals surface area (Å²) in [6.45, 7) is 2.58. The molecule has 0 saturated carbocycles. The van der Waals surface area contributed by atoms with Gasteiger partial charge in [-0.15, -0.1) is 5.10 Å². The second-order valence-electron chi connectivity index (χ2n) is 3.85. The van der Waals surface area contributed by atoms with Gasteiger partial charge in [-0.3, -0.25) is 0 Å². The number of nitrogens with zero attached hydrogens (tertiary/aromatic N) is 2. The highest BCUT2D eigenvalue weighted by molar-refractivity contribution is 6.33. The van der Waals surface area contributed by atoms with Crippen LogP contribution in [-0.2, 0) is 6.54 Å². The third-order valence-corrected chi connectivity index (χ3v) is 2.89. The van der Waals surface area contributed by atoms with Crippen molar-refractivity contribution in [2.75, 3.05) is 12.4 Å². The molecule has 0 atom stereocenters. The van der Waals surface area contributed by atoms with Gasteiger partial charge in [-0.25, -0.2) is 0 Å². The van der Waals surface area contributed by atoms with Crippen molar-refractivity contribution in [1.82, 2.24) is 10.2 Å². The van der Waals surface area contributed by atoms with Gasteiger partial charge >= 0.3 is 0 Å². The van der Waals surface area contributed by atoms with Gasteiger partial charge < -0.3 is 10.1 Å². The summed E-state index contributed by atoms with van der Waals surface area (Å²) in [5, 5.41) is 11.9. The van der Waals surface area contributed by atoms with Gasteiger partial charge in [0.15, 0.2) is 0 Å². The zero-order valence-electron chi connectivity index (χ0n) is 10.3. The summed E-state index contributed by atoms with van der Waals surface area (Å²) < 4.78 is 4.96. The fraction of sp³-hybridized carbons (Fsp3) is 0.231. The average molecular weight is 264 g/mol. The predicted molar refractivity (Wildman–Crippen MR) is 72.1 cm³/mol. The monoisotopic (exact) mass is 263 g/mol. The number of halogens is 1. The first-order chi connectivity index (χ1) is 8.70. The van der Waals surface area contributed by atoms with Gasteiger partial charge in [0.25, 0.3) is 0 Å². The Hall–Kier alpha value is -1.81. The third-order valence-electron chi connectivity index (χ3n) is 2.57. The zero-order chi connectivity index (χ0) is 13.0. The van der Waals surface area contributed by atoms with Gasteiger partial charge in [-0.05, 0) is 24.6 Å². The summed E-state index contributed by atoms with van der Waals surface area (Å²) in [5.41, 5.74) is 2.86. The van der Waals surface area contributed by atoms with E-state index in [0.29, 0.717) is 17.4 Å². The maximum Gasteiger partial charge on any atom is 0.233 e. The van der Waals surface area contributed by atoms with Crippen LogP contribution in [0.1, 0.15) is 11.3 Å². The molecule has 0 aliphatic heterocycles. The van der Waals surface area contributed by atoms with Crippen LogP contribution in [0.15, 0.2) is 30.3 Å². The van der Waals surface area contributed by atoms with Crippen LogP contribution in [-0.4, -0.2) is 17.3 Å². The Morgan fingerprint density at radius 1 is 1.22 bits per heavy atom. The normalized spacial score (nSPS) is 10.2. The van der Waals surface area contributed by atoms with Crippen LogP contribution in [0, 0.1) is 6.92 Å². The Labute approximate surface area is 111 Å². The zero-order valence-corrected chi connectivity index (χ0v) is 11.0. The molecule has 0 radical (unpaired) electrons. The van der Waals surface area contributed by atoms with Crippen molar-refractivity contribution in [2.24, 2.45) is 0 Å². The fourth-order valence-corrected chi connectivity index (χ4v) is 1.87. The number of benzene rings is 1. The molecule has 5 heteroatoms. The van der Waals surface area contributed by atoms with Gasteiger partial charge in [0.1, 0.15) is 0 Å². The van der Waals surface area contributed by atoms with E-state index in [0.717, 1.165) is 16.9 Å². The number of methoxy groups -OCH3 is 1. The molecular weight excluding hydrogens is 250 g/mol. The molecule has 1 heterocycles. The van der Waals surface area contributed by atoms with E-state index in [-0.39, 0.29) is 0 Å². The van der Waals surface area contributed by atoms with E-state index in [1.165, 1.54) is 0 Å². The topological polar surface area (TPSA) is 47.0 Å². The lowest BCUT2D eigenvalue weighted by atomic mass is 10.2. The lowest BCUT2D eigenvalue weighted by Gasteiger charge is -2.10. The molecule has 1 aromatic heterocycles. The summed E-state index contributed by atoms with van der Waals surface area (Å²) in [5.74, 6) is 0.507. The molecule has 1 aromatic carbocycles. The highest BCUT2D eigenvalue weighted by atomic mass is 35.5. The number of aromatic nitrogens is 2. The number of para-hydroxylation sites is 1. The molecule has 18 heavy (non-hydrogen) atoms. The van der Waals surface area contributed by atoms with Crippen molar-refractivity contribution in [3.63, 3.8) is 0 Å². The predicted octanol–water partition coefficient (Wildman–Crippen LogP) is 3.06. The van der Waals surface area contributed by atoms with E-state index in [1.807, 2.05) is 31.2 Å². The number of hydrogen-bond acceptors (Lipinski definition) is 4. The van der Waals surface area contributed by atoms with Crippen LogP contribution in [0.25, 0.3) is 0 Å². The molecule has 0 bridgehead atoms. The Kier molecular flexibility index (Phi) is 3.99. The van der Waals surface area contributed by atoms with Crippen molar-refractivity contribution in [3.8, 4) is 5.88 Å². The summed E-state index contributed by atoms with van der Waals surface area (Å²) in [6.07, 6.45) is 0. The van der Waals surface area contributed by atoms with E-state index in [4.69, 9.17) is 16.3 Å². The highest BCUT2D eigenvalue weighted by Crippen LogP contribution is 2.25. The molecule has 1 N–H and O–H groups in total. The smallest absolute Gasteiger partial charge is 0.233 e. The van der Waals surface area contributed by atoms with Crippen LogP contribution in [0.2, 0.25) is 5.02 Å². The molecular formula is C13H14ClN3O.